The van der Waals surface area contributed by atoms with E-state index in [4.69, 9.17) is 0 Å². The van der Waals surface area contributed by atoms with E-state index in [0.717, 1.165) is 30.5 Å². The summed E-state index contributed by atoms with van der Waals surface area (Å²) in [5, 5.41) is 1.18. The molecule has 0 aliphatic carbocycles. The van der Waals surface area contributed by atoms with Gasteiger partial charge >= 0.3 is 0 Å². The Kier molecular flexibility index (Phi) is 5.39. The second-order valence-corrected chi connectivity index (χ2v) is 10.7. The summed E-state index contributed by atoms with van der Waals surface area (Å²) < 4.78 is 30.7. The predicted molar refractivity (Wildman–Crippen MR) is 129 cm³/mol. The number of fused-ring (bicyclic) bond motifs is 3. The molecule has 0 fully saturated rings. The quantitative estimate of drug-likeness (QED) is 0.422. The zero-order chi connectivity index (χ0) is 22.3. The fourth-order valence-corrected chi connectivity index (χ4v) is 6.15. The van der Waals surface area contributed by atoms with Gasteiger partial charge in [0.15, 0.2) is 0 Å². The molecule has 0 N–H and O–H groups in total. The van der Waals surface area contributed by atoms with E-state index in [1.165, 1.54) is 27.7 Å². The average molecular weight is 445 g/mol. The molecule has 32 heavy (non-hydrogen) atoms. The third-order valence-electron chi connectivity index (χ3n) is 6.50. The SMILES string of the molecule is Cc1ccc(S(=O)(=O)N2CCc3c(c4cc(C)ccc4n3CCc3ccccc3)C2)cc1. The molecule has 0 unspecified atom stereocenters. The molecule has 0 radical (unpaired) electrons. The Morgan fingerprint density at radius 3 is 2.34 bits per heavy atom. The molecular formula is C27H28N2O2S. The van der Waals surface area contributed by atoms with Crippen molar-refractivity contribution in [3.05, 3.63) is 101 Å². The molecule has 0 amide bonds. The Hall–Kier alpha value is -2.89. The molecule has 0 bridgehead atoms. The Bertz CT molecular complexity index is 1370. The number of sulfonamides is 1. The molecule has 3 aromatic carbocycles. The molecule has 1 aliphatic rings. The van der Waals surface area contributed by atoms with Gasteiger partial charge in [0, 0.05) is 42.7 Å². The highest BCUT2D eigenvalue weighted by atomic mass is 32.2. The van der Waals surface area contributed by atoms with Crippen LogP contribution in [0, 0.1) is 13.8 Å². The van der Waals surface area contributed by atoms with Crippen molar-refractivity contribution >= 4 is 20.9 Å². The smallest absolute Gasteiger partial charge is 0.243 e. The standard InChI is InChI=1S/C27H28N2O2S/c1-20-8-11-23(12-9-20)32(30,31)28-16-15-27-25(19-28)24-18-21(2)10-13-26(24)29(27)17-14-22-6-4-3-5-7-22/h3-13,18H,14-17,19H2,1-2H3. The highest BCUT2D eigenvalue weighted by molar-refractivity contribution is 7.89. The highest BCUT2D eigenvalue weighted by Crippen LogP contribution is 2.34. The van der Waals surface area contributed by atoms with Gasteiger partial charge in [0.25, 0.3) is 0 Å². The van der Waals surface area contributed by atoms with Crippen molar-refractivity contribution in [3.63, 3.8) is 0 Å². The summed E-state index contributed by atoms with van der Waals surface area (Å²) in [6.45, 7) is 5.88. The van der Waals surface area contributed by atoms with Crippen LogP contribution < -0.4 is 0 Å². The number of aryl methyl sites for hydroxylation is 4. The third kappa shape index (κ3) is 3.76. The predicted octanol–water partition coefficient (Wildman–Crippen LogP) is 5.25. The Labute approximate surface area is 190 Å². The van der Waals surface area contributed by atoms with Crippen LogP contribution in [0.1, 0.15) is 27.9 Å². The third-order valence-corrected chi connectivity index (χ3v) is 8.36. The first kappa shape index (κ1) is 21.0. The maximum Gasteiger partial charge on any atom is 0.243 e. The summed E-state index contributed by atoms with van der Waals surface area (Å²) in [5.74, 6) is 0. The summed E-state index contributed by atoms with van der Waals surface area (Å²) in [4.78, 5) is 0.371. The van der Waals surface area contributed by atoms with E-state index in [1.807, 2.05) is 25.1 Å². The van der Waals surface area contributed by atoms with Gasteiger partial charge in [0.1, 0.15) is 0 Å². The van der Waals surface area contributed by atoms with E-state index < -0.39 is 10.0 Å². The lowest BCUT2D eigenvalue weighted by Crippen LogP contribution is -2.36. The van der Waals surface area contributed by atoms with Crippen LogP contribution in [0.5, 0.6) is 0 Å². The van der Waals surface area contributed by atoms with Crippen LogP contribution in [-0.2, 0) is 36.0 Å². The molecule has 1 aliphatic heterocycles. The summed E-state index contributed by atoms with van der Waals surface area (Å²) in [7, 11) is -3.52. The zero-order valence-corrected chi connectivity index (χ0v) is 19.4. The molecular weight excluding hydrogens is 416 g/mol. The summed E-state index contributed by atoms with van der Waals surface area (Å²) in [5.41, 5.74) is 7.19. The fourth-order valence-electron chi connectivity index (χ4n) is 4.74. The van der Waals surface area contributed by atoms with E-state index in [9.17, 15) is 8.42 Å². The van der Waals surface area contributed by atoms with Crippen molar-refractivity contribution in [1.82, 2.24) is 8.87 Å². The average Bonchev–Trinajstić information content (AvgIpc) is 3.11. The van der Waals surface area contributed by atoms with E-state index in [1.54, 1.807) is 16.4 Å². The van der Waals surface area contributed by atoms with Gasteiger partial charge in [-0.3, -0.25) is 0 Å². The maximum absolute atomic E-state index is 13.3. The second-order valence-electron chi connectivity index (χ2n) is 8.73. The Morgan fingerprint density at radius 2 is 1.59 bits per heavy atom. The van der Waals surface area contributed by atoms with Crippen LogP contribution >= 0.6 is 0 Å². The van der Waals surface area contributed by atoms with Crippen LogP contribution in [0.25, 0.3) is 10.9 Å². The molecule has 0 spiro atoms. The molecule has 0 saturated carbocycles. The molecule has 5 heteroatoms. The van der Waals surface area contributed by atoms with Gasteiger partial charge < -0.3 is 4.57 Å². The first-order valence-corrected chi connectivity index (χ1v) is 12.6. The number of hydrogen-bond donors (Lipinski definition) is 0. The second kappa shape index (κ2) is 8.23. The van der Waals surface area contributed by atoms with Crippen molar-refractivity contribution in [2.24, 2.45) is 0 Å². The molecule has 4 aromatic rings. The number of nitrogens with zero attached hydrogens (tertiary/aromatic N) is 2. The fraction of sp³-hybridized carbons (Fsp3) is 0.259. The number of rotatable bonds is 5. The van der Waals surface area contributed by atoms with E-state index in [2.05, 4.69) is 54.0 Å². The van der Waals surface area contributed by atoms with Gasteiger partial charge in [0.05, 0.1) is 4.90 Å². The van der Waals surface area contributed by atoms with Crippen molar-refractivity contribution in [3.8, 4) is 0 Å². The Balaban J connectivity index is 1.52. The monoisotopic (exact) mass is 444 g/mol. The van der Waals surface area contributed by atoms with E-state index in [-0.39, 0.29) is 0 Å². The van der Waals surface area contributed by atoms with Gasteiger partial charge in [-0.15, -0.1) is 0 Å². The summed E-state index contributed by atoms with van der Waals surface area (Å²) in [6, 6.07) is 24.2. The Morgan fingerprint density at radius 1 is 0.875 bits per heavy atom. The van der Waals surface area contributed by atoms with Crippen LogP contribution in [0.2, 0.25) is 0 Å². The van der Waals surface area contributed by atoms with Crippen molar-refractivity contribution in [2.45, 2.75) is 44.7 Å². The molecule has 0 saturated heterocycles. The molecule has 2 heterocycles. The van der Waals surface area contributed by atoms with Gasteiger partial charge in [-0.2, -0.15) is 4.31 Å². The molecule has 5 rings (SSSR count). The number of benzene rings is 3. The first-order valence-electron chi connectivity index (χ1n) is 11.1. The molecule has 164 valence electrons. The van der Waals surface area contributed by atoms with Crippen LogP contribution in [0.3, 0.4) is 0 Å². The van der Waals surface area contributed by atoms with Gasteiger partial charge in [-0.25, -0.2) is 8.42 Å². The number of aromatic nitrogens is 1. The lowest BCUT2D eigenvalue weighted by Gasteiger charge is -2.27. The normalized spacial score (nSPS) is 14.6. The zero-order valence-electron chi connectivity index (χ0n) is 18.6. The van der Waals surface area contributed by atoms with Crippen molar-refractivity contribution in [2.75, 3.05) is 6.54 Å². The lowest BCUT2D eigenvalue weighted by atomic mass is 10.0. The van der Waals surface area contributed by atoms with Crippen LogP contribution in [0.4, 0.5) is 0 Å². The summed E-state index contributed by atoms with van der Waals surface area (Å²) in [6.07, 6.45) is 1.68. The topological polar surface area (TPSA) is 42.3 Å². The van der Waals surface area contributed by atoms with Gasteiger partial charge in [-0.05, 0) is 55.7 Å². The lowest BCUT2D eigenvalue weighted by molar-refractivity contribution is 0.386. The van der Waals surface area contributed by atoms with Gasteiger partial charge in [0.2, 0.25) is 10.0 Å². The molecule has 4 nitrogen and oxygen atoms in total. The molecule has 0 atom stereocenters. The number of hydrogen-bond acceptors (Lipinski definition) is 2. The highest BCUT2D eigenvalue weighted by Gasteiger charge is 2.31. The van der Waals surface area contributed by atoms with Gasteiger partial charge in [-0.1, -0.05) is 59.7 Å². The first-order chi connectivity index (χ1) is 15.4. The van der Waals surface area contributed by atoms with E-state index in [0.29, 0.717) is 18.0 Å². The minimum Gasteiger partial charge on any atom is -0.344 e. The maximum atomic E-state index is 13.3. The summed E-state index contributed by atoms with van der Waals surface area (Å²) >= 11 is 0. The molecule has 1 aromatic heterocycles. The van der Waals surface area contributed by atoms with Crippen molar-refractivity contribution in [1.29, 1.82) is 0 Å². The van der Waals surface area contributed by atoms with Crippen LogP contribution in [-0.4, -0.2) is 23.8 Å². The minimum atomic E-state index is -3.52. The largest absolute Gasteiger partial charge is 0.344 e. The van der Waals surface area contributed by atoms with Crippen LogP contribution in [0.15, 0.2) is 77.7 Å². The van der Waals surface area contributed by atoms with E-state index >= 15 is 0 Å². The minimum absolute atomic E-state index is 0.371. The van der Waals surface area contributed by atoms with Crippen molar-refractivity contribution < 1.29 is 8.42 Å².